The number of aliphatic hydroxyl groups excluding tert-OH is 1. The zero-order valence-corrected chi connectivity index (χ0v) is 9.61. The molecule has 1 rings (SSSR count). The van der Waals surface area contributed by atoms with Gasteiger partial charge in [-0.2, -0.15) is 0 Å². The van der Waals surface area contributed by atoms with Gasteiger partial charge in [0.15, 0.2) is 0 Å². The fourth-order valence-corrected chi connectivity index (χ4v) is 1.54. The zero-order chi connectivity index (χ0) is 12.0. The fourth-order valence-electron chi connectivity index (χ4n) is 1.54. The van der Waals surface area contributed by atoms with Crippen molar-refractivity contribution in [3.63, 3.8) is 0 Å². The Labute approximate surface area is 96.2 Å². The Morgan fingerprint density at radius 3 is 2.44 bits per heavy atom. The molecule has 0 atom stereocenters. The van der Waals surface area contributed by atoms with Crippen LogP contribution in [-0.2, 0) is 6.54 Å². The van der Waals surface area contributed by atoms with Crippen LogP contribution in [0.4, 0.5) is 0 Å². The number of nitrogens with two attached hydrogens (primary N) is 1. The number of amidine groups is 1. The highest BCUT2D eigenvalue weighted by Crippen LogP contribution is 2.07. The summed E-state index contributed by atoms with van der Waals surface area (Å²) < 4.78 is 0. The molecule has 0 spiro atoms. The third-order valence-corrected chi connectivity index (χ3v) is 2.53. The molecule has 4 nitrogen and oxygen atoms in total. The fraction of sp³-hybridized carbons (Fsp3) is 0.417. The molecule has 0 bridgehead atoms. The largest absolute Gasteiger partial charge is 0.395 e. The Hall–Kier alpha value is -1.39. The standard InChI is InChI=1S/C12H19N3O/c1-2-15(7-8-16)9-10-3-5-11(6-4-10)12(13)14/h3-6,16H,2,7-9H2,1H3,(H3,13,14). The number of likely N-dealkylation sites (N-methyl/N-ethyl adjacent to an activating group) is 1. The van der Waals surface area contributed by atoms with Crippen molar-refractivity contribution in [1.82, 2.24) is 4.90 Å². The second kappa shape index (κ2) is 6.25. The van der Waals surface area contributed by atoms with Crippen molar-refractivity contribution in [3.05, 3.63) is 35.4 Å². The molecule has 0 heterocycles. The van der Waals surface area contributed by atoms with Crippen LogP contribution in [0.5, 0.6) is 0 Å². The van der Waals surface area contributed by atoms with Crippen molar-refractivity contribution >= 4 is 5.84 Å². The smallest absolute Gasteiger partial charge is 0.122 e. The van der Waals surface area contributed by atoms with Crippen LogP contribution < -0.4 is 5.73 Å². The quantitative estimate of drug-likeness (QED) is 0.491. The predicted octanol–water partition coefficient (Wildman–Crippen LogP) is 0.785. The summed E-state index contributed by atoms with van der Waals surface area (Å²) in [7, 11) is 0. The molecule has 0 unspecified atom stereocenters. The van der Waals surface area contributed by atoms with E-state index in [9.17, 15) is 0 Å². The summed E-state index contributed by atoms with van der Waals surface area (Å²) in [6, 6.07) is 7.64. The summed E-state index contributed by atoms with van der Waals surface area (Å²) in [6.07, 6.45) is 0. The summed E-state index contributed by atoms with van der Waals surface area (Å²) in [5.41, 5.74) is 7.29. The molecule has 0 radical (unpaired) electrons. The van der Waals surface area contributed by atoms with Gasteiger partial charge in [-0.3, -0.25) is 10.3 Å². The highest BCUT2D eigenvalue weighted by Gasteiger charge is 2.03. The van der Waals surface area contributed by atoms with E-state index in [1.807, 2.05) is 24.3 Å². The highest BCUT2D eigenvalue weighted by atomic mass is 16.3. The Morgan fingerprint density at radius 2 is 2.00 bits per heavy atom. The number of nitrogens with zero attached hydrogens (tertiary/aromatic N) is 1. The maximum atomic E-state index is 8.88. The molecule has 0 aliphatic heterocycles. The summed E-state index contributed by atoms with van der Waals surface area (Å²) in [5.74, 6) is 0.0919. The molecule has 0 aliphatic carbocycles. The summed E-state index contributed by atoms with van der Waals surface area (Å²) >= 11 is 0. The third-order valence-electron chi connectivity index (χ3n) is 2.53. The Balaban J connectivity index is 2.63. The maximum absolute atomic E-state index is 8.88. The first-order valence-corrected chi connectivity index (χ1v) is 5.44. The minimum absolute atomic E-state index is 0.0919. The number of hydrogen-bond donors (Lipinski definition) is 3. The van der Waals surface area contributed by atoms with Crippen LogP contribution in [-0.4, -0.2) is 35.5 Å². The van der Waals surface area contributed by atoms with E-state index < -0.39 is 0 Å². The lowest BCUT2D eigenvalue weighted by molar-refractivity contribution is 0.197. The summed E-state index contributed by atoms with van der Waals surface area (Å²) in [6.45, 7) is 4.66. The first kappa shape index (κ1) is 12.7. The van der Waals surface area contributed by atoms with Crippen molar-refractivity contribution in [3.8, 4) is 0 Å². The number of nitrogen functional groups attached to an aromatic ring is 1. The molecule has 88 valence electrons. The Morgan fingerprint density at radius 1 is 1.38 bits per heavy atom. The van der Waals surface area contributed by atoms with Gasteiger partial charge >= 0.3 is 0 Å². The van der Waals surface area contributed by atoms with Crippen LogP contribution in [0, 0.1) is 5.41 Å². The van der Waals surface area contributed by atoms with E-state index >= 15 is 0 Å². The maximum Gasteiger partial charge on any atom is 0.122 e. The SMILES string of the molecule is CCN(CCO)Cc1ccc(C(=N)N)cc1. The van der Waals surface area contributed by atoms with Gasteiger partial charge in [0.2, 0.25) is 0 Å². The Bertz CT molecular complexity index is 335. The first-order valence-electron chi connectivity index (χ1n) is 5.44. The highest BCUT2D eigenvalue weighted by molar-refractivity contribution is 5.94. The molecular formula is C12H19N3O. The van der Waals surface area contributed by atoms with Crippen molar-refractivity contribution in [2.75, 3.05) is 19.7 Å². The average molecular weight is 221 g/mol. The lowest BCUT2D eigenvalue weighted by atomic mass is 10.1. The molecule has 0 fully saturated rings. The number of benzene rings is 1. The van der Waals surface area contributed by atoms with Gasteiger partial charge in [0.05, 0.1) is 6.61 Å². The second-order valence-corrected chi connectivity index (χ2v) is 3.70. The van der Waals surface area contributed by atoms with Gasteiger partial charge in [0, 0.05) is 18.7 Å². The average Bonchev–Trinajstić information content (AvgIpc) is 2.29. The van der Waals surface area contributed by atoms with Gasteiger partial charge in [0.25, 0.3) is 0 Å². The summed E-state index contributed by atoms with van der Waals surface area (Å²) in [4.78, 5) is 2.16. The lowest BCUT2D eigenvalue weighted by Crippen LogP contribution is -2.26. The number of nitrogens with one attached hydrogen (secondary N) is 1. The molecule has 1 aromatic carbocycles. The molecular weight excluding hydrogens is 202 g/mol. The van der Waals surface area contributed by atoms with E-state index in [1.54, 1.807) is 0 Å². The molecule has 0 aromatic heterocycles. The van der Waals surface area contributed by atoms with Crippen LogP contribution in [0.3, 0.4) is 0 Å². The van der Waals surface area contributed by atoms with E-state index in [-0.39, 0.29) is 12.4 Å². The van der Waals surface area contributed by atoms with Crippen molar-refractivity contribution in [1.29, 1.82) is 5.41 Å². The molecule has 0 saturated heterocycles. The molecule has 0 amide bonds. The van der Waals surface area contributed by atoms with E-state index in [2.05, 4.69) is 11.8 Å². The molecule has 0 saturated carbocycles. The molecule has 1 aromatic rings. The predicted molar refractivity (Wildman–Crippen MR) is 65.5 cm³/mol. The molecule has 16 heavy (non-hydrogen) atoms. The van der Waals surface area contributed by atoms with Crippen molar-refractivity contribution in [2.24, 2.45) is 5.73 Å². The van der Waals surface area contributed by atoms with Gasteiger partial charge in [-0.05, 0) is 12.1 Å². The third kappa shape index (κ3) is 3.64. The van der Waals surface area contributed by atoms with E-state index in [0.29, 0.717) is 6.54 Å². The normalized spacial score (nSPS) is 10.7. The molecule has 4 heteroatoms. The first-order chi connectivity index (χ1) is 7.67. The van der Waals surface area contributed by atoms with Crippen LogP contribution in [0.25, 0.3) is 0 Å². The van der Waals surface area contributed by atoms with E-state index in [4.69, 9.17) is 16.2 Å². The van der Waals surface area contributed by atoms with Crippen LogP contribution in [0.2, 0.25) is 0 Å². The van der Waals surface area contributed by atoms with Crippen LogP contribution in [0.15, 0.2) is 24.3 Å². The monoisotopic (exact) mass is 221 g/mol. The second-order valence-electron chi connectivity index (χ2n) is 3.70. The van der Waals surface area contributed by atoms with Gasteiger partial charge in [0.1, 0.15) is 5.84 Å². The van der Waals surface area contributed by atoms with Gasteiger partial charge < -0.3 is 10.8 Å². The number of rotatable bonds is 6. The number of hydrogen-bond acceptors (Lipinski definition) is 3. The minimum Gasteiger partial charge on any atom is -0.395 e. The van der Waals surface area contributed by atoms with Gasteiger partial charge in [-0.15, -0.1) is 0 Å². The zero-order valence-electron chi connectivity index (χ0n) is 9.61. The van der Waals surface area contributed by atoms with Gasteiger partial charge in [-0.1, -0.05) is 31.2 Å². The lowest BCUT2D eigenvalue weighted by Gasteiger charge is -2.19. The van der Waals surface area contributed by atoms with Crippen molar-refractivity contribution in [2.45, 2.75) is 13.5 Å². The van der Waals surface area contributed by atoms with E-state index in [0.717, 1.165) is 18.7 Å². The minimum atomic E-state index is 0.0919. The van der Waals surface area contributed by atoms with Crippen LogP contribution >= 0.6 is 0 Å². The topological polar surface area (TPSA) is 73.3 Å². The molecule has 4 N–H and O–H groups in total. The summed E-state index contributed by atoms with van der Waals surface area (Å²) in [5, 5.41) is 16.2. The number of aliphatic hydroxyl groups is 1. The Kier molecular flexibility index (Phi) is 4.95. The van der Waals surface area contributed by atoms with Crippen LogP contribution in [0.1, 0.15) is 18.1 Å². The van der Waals surface area contributed by atoms with Gasteiger partial charge in [-0.25, -0.2) is 0 Å². The van der Waals surface area contributed by atoms with E-state index in [1.165, 1.54) is 5.56 Å². The van der Waals surface area contributed by atoms with Crippen molar-refractivity contribution < 1.29 is 5.11 Å². The molecule has 0 aliphatic rings.